The van der Waals surface area contributed by atoms with Gasteiger partial charge in [-0.05, 0) is 33.2 Å². The molecule has 1 heterocycles. The average molecular weight is 275 g/mol. The summed E-state index contributed by atoms with van der Waals surface area (Å²) in [6, 6.07) is 3.52. The first-order valence-electron chi connectivity index (χ1n) is 6.55. The first-order valence-corrected chi connectivity index (χ1v) is 6.55. The second-order valence-corrected chi connectivity index (χ2v) is 4.81. The second kappa shape index (κ2) is 8.31. The van der Waals surface area contributed by atoms with Crippen molar-refractivity contribution < 1.29 is 9.90 Å². The van der Waals surface area contributed by atoms with Crippen molar-refractivity contribution in [2.45, 2.75) is 19.4 Å². The van der Waals surface area contributed by atoms with Crippen LogP contribution in [-0.4, -0.2) is 54.2 Å². The van der Waals surface area contributed by atoms with Gasteiger partial charge in [0.15, 0.2) is 0 Å². The lowest BCUT2D eigenvalue weighted by Gasteiger charge is -2.18. The van der Waals surface area contributed by atoms with Gasteiger partial charge in [0.2, 0.25) is 0 Å². The highest BCUT2D eigenvalue weighted by molar-refractivity contribution is 5.94. The van der Waals surface area contributed by atoms with E-state index in [0.717, 1.165) is 6.54 Å². The number of aliphatic hydroxyl groups is 1. The molecule has 5 heteroatoms. The molecule has 108 valence electrons. The molecule has 0 radical (unpaired) electrons. The van der Waals surface area contributed by atoms with Crippen LogP contribution < -0.4 is 5.32 Å². The van der Waals surface area contributed by atoms with Gasteiger partial charge in [0.1, 0.15) is 5.69 Å². The Morgan fingerprint density at radius 3 is 2.95 bits per heavy atom. The van der Waals surface area contributed by atoms with Gasteiger partial charge in [-0.25, -0.2) is 4.98 Å². The van der Waals surface area contributed by atoms with Crippen molar-refractivity contribution in [1.29, 1.82) is 0 Å². The Bertz CT molecular complexity index is 503. The average Bonchev–Trinajstić information content (AvgIpc) is 2.38. The van der Waals surface area contributed by atoms with E-state index in [0.29, 0.717) is 17.7 Å². The van der Waals surface area contributed by atoms with Crippen LogP contribution >= 0.6 is 0 Å². The summed E-state index contributed by atoms with van der Waals surface area (Å²) in [5.74, 6) is 5.44. The summed E-state index contributed by atoms with van der Waals surface area (Å²) >= 11 is 0. The van der Waals surface area contributed by atoms with Crippen molar-refractivity contribution >= 4 is 5.91 Å². The van der Waals surface area contributed by atoms with Gasteiger partial charge in [-0.2, -0.15) is 0 Å². The molecule has 1 aromatic rings. The van der Waals surface area contributed by atoms with E-state index in [2.05, 4.69) is 22.1 Å². The van der Waals surface area contributed by atoms with Crippen LogP contribution in [0.3, 0.4) is 0 Å². The molecule has 20 heavy (non-hydrogen) atoms. The number of aliphatic hydroxyl groups excluding tert-OH is 1. The van der Waals surface area contributed by atoms with Crippen LogP contribution in [0, 0.1) is 11.8 Å². The quantitative estimate of drug-likeness (QED) is 0.768. The van der Waals surface area contributed by atoms with E-state index in [1.807, 2.05) is 25.9 Å². The van der Waals surface area contributed by atoms with E-state index in [9.17, 15) is 4.79 Å². The Morgan fingerprint density at radius 2 is 2.30 bits per heavy atom. The van der Waals surface area contributed by atoms with Crippen LogP contribution in [-0.2, 0) is 0 Å². The number of amides is 1. The van der Waals surface area contributed by atoms with E-state index in [-0.39, 0.29) is 18.6 Å². The number of nitrogens with one attached hydrogen (secondary N) is 1. The van der Waals surface area contributed by atoms with Crippen LogP contribution in [0.15, 0.2) is 18.3 Å². The summed E-state index contributed by atoms with van der Waals surface area (Å²) in [6.45, 7) is 2.71. The first-order chi connectivity index (χ1) is 9.54. The molecule has 0 aliphatic carbocycles. The Morgan fingerprint density at radius 1 is 1.55 bits per heavy atom. The molecule has 1 rings (SSSR count). The smallest absolute Gasteiger partial charge is 0.271 e. The maximum absolute atomic E-state index is 12.2. The SMILES string of the molecule is CC(CN(C)C)NC(=O)c1ncccc1C#CCCO. The maximum Gasteiger partial charge on any atom is 0.271 e. The van der Waals surface area contributed by atoms with Gasteiger partial charge in [0, 0.05) is 25.2 Å². The van der Waals surface area contributed by atoms with Crippen molar-refractivity contribution in [3.05, 3.63) is 29.6 Å². The molecule has 0 fully saturated rings. The zero-order valence-electron chi connectivity index (χ0n) is 12.2. The molecule has 0 aliphatic rings. The van der Waals surface area contributed by atoms with E-state index < -0.39 is 0 Å². The predicted molar refractivity (Wildman–Crippen MR) is 78.3 cm³/mol. The molecule has 1 amide bonds. The number of nitrogens with zero attached hydrogens (tertiary/aromatic N) is 2. The second-order valence-electron chi connectivity index (χ2n) is 4.81. The summed E-state index contributed by atoms with van der Waals surface area (Å²) in [4.78, 5) is 18.3. The minimum atomic E-state index is -0.228. The molecule has 0 saturated carbocycles. The zero-order chi connectivity index (χ0) is 15.0. The van der Waals surface area contributed by atoms with Crippen molar-refractivity contribution in [2.24, 2.45) is 0 Å². The van der Waals surface area contributed by atoms with Gasteiger partial charge in [0.05, 0.1) is 12.2 Å². The molecule has 0 aliphatic heterocycles. The summed E-state index contributed by atoms with van der Waals surface area (Å²) in [5, 5.41) is 11.6. The van der Waals surface area contributed by atoms with Gasteiger partial charge in [-0.15, -0.1) is 0 Å². The number of hydrogen-bond donors (Lipinski definition) is 2. The predicted octanol–water partition coefficient (Wildman–Crippen LogP) is 0.495. The molecule has 1 atom stereocenters. The topological polar surface area (TPSA) is 65.5 Å². The van der Waals surface area contributed by atoms with Gasteiger partial charge in [-0.1, -0.05) is 11.8 Å². The number of aromatic nitrogens is 1. The molecule has 1 unspecified atom stereocenters. The highest BCUT2D eigenvalue weighted by Gasteiger charge is 2.14. The lowest BCUT2D eigenvalue weighted by atomic mass is 10.1. The highest BCUT2D eigenvalue weighted by Crippen LogP contribution is 2.04. The van der Waals surface area contributed by atoms with Crippen molar-refractivity contribution in [2.75, 3.05) is 27.2 Å². The molecule has 0 bridgehead atoms. The minimum Gasteiger partial charge on any atom is -0.395 e. The van der Waals surface area contributed by atoms with Crippen LogP contribution in [0.5, 0.6) is 0 Å². The lowest BCUT2D eigenvalue weighted by molar-refractivity contribution is 0.0929. The number of hydrogen-bond acceptors (Lipinski definition) is 4. The monoisotopic (exact) mass is 275 g/mol. The van der Waals surface area contributed by atoms with Crippen molar-refractivity contribution in [1.82, 2.24) is 15.2 Å². The number of likely N-dealkylation sites (N-methyl/N-ethyl adjacent to an activating group) is 1. The Labute approximate surface area is 120 Å². The van der Waals surface area contributed by atoms with Crippen LogP contribution in [0.2, 0.25) is 0 Å². The van der Waals surface area contributed by atoms with Gasteiger partial charge < -0.3 is 15.3 Å². The highest BCUT2D eigenvalue weighted by atomic mass is 16.2. The third kappa shape index (κ3) is 5.39. The summed E-state index contributed by atoms with van der Waals surface area (Å²) < 4.78 is 0. The van der Waals surface area contributed by atoms with Crippen molar-refractivity contribution in [3.63, 3.8) is 0 Å². The molecular formula is C15H21N3O2. The normalized spacial score (nSPS) is 11.7. The largest absolute Gasteiger partial charge is 0.395 e. The van der Waals surface area contributed by atoms with Gasteiger partial charge in [0.25, 0.3) is 5.91 Å². The first kappa shape index (κ1) is 16.2. The number of carbonyl (C=O) groups excluding carboxylic acids is 1. The minimum absolute atomic E-state index is 0.00859. The molecule has 1 aromatic heterocycles. The molecule has 2 N–H and O–H groups in total. The fraction of sp³-hybridized carbons (Fsp3) is 0.467. The zero-order valence-corrected chi connectivity index (χ0v) is 12.2. The van der Waals surface area contributed by atoms with E-state index >= 15 is 0 Å². The standard InChI is InChI=1S/C15H21N3O2/c1-12(11-18(2)3)17-15(20)14-13(7-4-5-10-19)8-6-9-16-14/h6,8-9,12,19H,5,10-11H2,1-3H3,(H,17,20). The van der Waals surface area contributed by atoms with E-state index in [1.165, 1.54) is 0 Å². The fourth-order valence-electron chi connectivity index (χ4n) is 1.79. The maximum atomic E-state index is 12.2. The van der Waals surface area contributed by atoms with Gasteiger partial charge in [-0.3, -0.25) is 4.79 Å². The molecule has 0 saturated heterocycles. The number of carbonyl (C=O) groups is 1. The summed E-state index contributed by atoms with van der Waals surface area (Å²) in [5.41, 5.74) is 0.902. The lowest BCUT2D eigenvalue weighted by Crippen LogP contribution is -2.40. The third-order valence-corrected chi connectivity index (χ3v) is 2.50. The summed E-state index contributed by atoms with van der Waals surface area (Å²) in [6.07, 6.45) is 1.95. The van der Waals surface area contributed by atoms with Gasteiger partial charge >= 0.3 is 0 Å². The van der Waals surface area contributed by atoms with Crippen molar-refractivity contribution in [3.8, 4) is 11.8 Å². The van der Waals surface area contributed by atoms with Crippen LogP contribution in [0.4, 0.5) is 0 Å². The Balaban J connectivity index is 2.80. The molecule has 0 spiro atoms. The number of pyridine rings is 1. The molecule has 0 aromatic carbocycles. The number of rotatable bonds is 5. The molecular weight excluding hydrogens is 254 g/mol. The third-order valence-electron chi connectivity index (χ3n) is 2.50. The fourth-order valence-corrected chi connectivity index (χ4v) is 1.79. The van der Waals surface area contributed by atoms with Crippen LogP contribution in [0.1, 0.15) is 29.4 Å². The van der Waals surface area contributed by atoms with Crippen LogP contribution in [0.25, 0.3) is 0 Å². The van der Waals surface area contributed by atoms with E-state index in [1.54, 1.807) is 18.3 Å². The molecule has 5 nitrogen and oxygen atoms in total. The Hall–Kier alpha value is -1.90. The Kier molecular flexibility index (Phi) is 6.71. The summed E-state index contributed by atoms with van der Waals surface area (Å²) in [7, 11) is 3.91. The van der Waals surface area contributed by atoms with E-state index in [4.69, 9.17) is 5.11 Å².